The lowest BCUT2D eigenvalue weighted by Gasteiger charge is -2.09. The number of hydrogen-bond acceptors (Lipinski definition) is 3. The lowest BCUT2D eigenvalue weighted by atomic mass is 10.2. The molecule has 0 aliphatic heterocycles. The summed E-state index contributed by atoms with van der Waals surface area (Å²) in [4.78, 5) is 26.7. The number of nitrogens with one attached hydrogen (secondary N) is 1. The van der Waals surface area contributed by atoms with Gasteiger partial charge in [0.1, 0.15) is 11.4 Å². The summed E-state index contributed by atoms with van der Waals surface area (Å²) in [6.07, 6.45) is 0. The molecule has 1 aromatic heterocycles. The van der Waals surface area contributed by atoms with Crippen LogP contribution >= 0.6 is 27.5 Å². The molecule has 0 atom stereocenters. The standard InChI is InChI=1S/C14H10BrClN2O3/c1-7-5-8(15)12(6-9(7)16)18-13(19)10-3-2-4-11(17-10)14(20)21/h2-6H,1H3,(H,18,19)(H,20,21). The molecule has 7 heteroatoms. The van der Waals surface area contributed by atoms with Gasteiger partial charge in [-0.1, -0.05) is 17.7 Å². The number of hydrogen-bond donors (Lipinski definition) is 2. The number of nitrogens with zero attached hydrogens (tertiary/aromatic N) is 1. The van der Waals surface area contributed by atoms with Gasteiger partial charge in [0.2, 0.25) is 0 Å². The summed E-state index contributed by atoms with van der Waals surface area (Å²) >= 11 is 9.35. The first-order valence-electron chi connectivity index (χ1n) is 5.86. The lowest BCUT2D eigenvalue weighted by molar-refractivity contribution is 0.0690. The molecule has 1 heterocycles. The topological polar surface area (TPSA) is 79.3 Å². The molecule has 0 aliphatic rings. The predicted octanol–water partition coefficient (Wildman–Crippen LogP) is 3.76. The molecule has 0 radical (unpaired) electrons. The second kappa shape index (κ2) is 6.24. The monoisotopic (exact) mass is 368 g/mol. The van der Waals surface area contributed by atoms with Crippen LogP contribution in [-0.2, 0) is 0 Å². The Hall–Kier alpha value is -1.92. The Morgan fingerprint density at radius 1 is 1.29 bits per heavy atom. The number of carbonyl (C=O) groups excluding carboxylic acids is 1. The maximum atomic E-state index is 12.1. The van der Waals surface area contributed by atoms with Gasteiger partial charge < -0.3 is 10.4 Å². The fourth-order valence-corrected chi connectivity index (χ4v) is 2.33. The van der Waals surface area contributed by atoms with Crippen LogP contribution in [0.3, 0.4) is 0 Å². The predicted molar refractivity (Wildman–Crippen MR) is 83.0 cm³/mol. The molecule has 2 rings (SSSR count). The maximum Gasteiger partial charge on any atom is 0.354 e. The molecule has 0 spiro atoms. The number of halogens is 2. The Morgan fingerprint density at radius 3 is 2.62 bits per heavy atom. The Morgan fingerprint density at radius 2 is 1.95 bits per heavy atom. The molecule has 0 aliphatic carbocycles. The Balaban J connectivity index is 2.28. The molecule has 0 saturated carbocycles. The van der Waals surface area contributed by atoms with Crippen LogP contribution in [0.5, 0.6) is 0 Å². The number of anilines is 1. The highest BCUT2D eigenvalue weighted by Crippen LogP contribution is 2.29. The van der Waals surface area contributed by atoms with Crippen molar-refractivity contribution in [3.8, 4) is 0 Å². The highest BCUT2D eigenvalue weighted by molar-refractivity contribution is 9.10. The average molecular weight is 370 g/mol. The molecular weight excluding hydrogens is 360 g/mol. The van der Waals surface area contributed by atoms with Crippen molar-refractivity contribution >= 4 is 45.1 Å². The lowest BCUT2D eigenvalue weighted by Crippen LogP contribution is -2.15. The number of pyridine rings is 1. The quantitative estimate of drug-likeness (QED) is 0.863. The van der Waals surface area contributed by atoms with E-state index in [4.69, 9.17) is 16.7 Å². The minimum atomic E-state index is -1.19. The molecule has 0 saturated heterocycles. The number of rotatable bonds is 3. The molecular formula is C14H10BrClN2O3. The Kier molecular flexibility index (Phi) is 4.59. The second-order valence-electron chi connectivity index (χ2n) is 4.25. The van der Waals surface area contributed by atoms with Crippen molar-refractivity contribution < 1.29 is 14.7 Å². The van der Waals surface area contributed by atoms with Gasteiger partial charge in [-0.25, -0.2) is 9.78 Å². The number of benzene rings is 1. The van der Waals surface area contributed by atoms with E-state index in [0.717, 1.165) is 5.56 Å². The fraction of sp³-hybridized carbons (Fsp3) is 0.0714. The van der Waals surface area contributed by atoms with Gasteiger partial charge in [0.05, 0.1) is 5.69 Å². The SMILES string of the molecule is Cc1cc(Br)c(NC(=O)c2cccc(C(=O)O)n2)cc1Cl. The number of carboxylic acids is 1. The number of amides is 1. The molecule has 1 amide bonds. The van der Waals surface area contributed by atoms with Crippen LogP contribution in [0.1, 0.15) is 26.5 Å². The molecule has 5 nitrogen and oxygen atoms in total. The van der Waals surface area contributed by atoms with E-state index in [0.29, 0.717) is 15.2 Å². The minimum Gasteiger partial charge on any atom is -0.477 e. The van der Waals surface area contributed by atoms with Crippen LogP contribution in [0.2, 0.25) is 5.02 Å². The van der Waals surface area contributed by atoms with Gasteiger partial charge in [-0.3, -0.25) is 4.79 Å². The van der Waals surface area contributed by atoms with E-state index in [1.165, 1.54) is 18.2 Å². The summed E-state index contributed by atoms with van der Waals surface area (Å²) in [5.41, 5.74) is 1.17. The van der Waals surface area contributed by atoms with Crippen LogP contribution < -0.4 is 5.32 Å². The third kappa shape index (κ3) is 3.59. The molecule has 108 valence electrons. The van der Waals surface area contributed by atoms with Crippen molar-refractivity contribution in [2.45, 2.75) is 6.92 Å². The molecule has 2 aromatic rings. The van der Waals surface area contributed by atoms with Gasteiger partial charge in [-0.15, -0.1) is 0 Å². The Bertz CT molecular complexity index is 734. The van der Waals surface area contributed by atoms with Crippen LogP contribution in [0, 0.1) is 6.92 Å². The van der Waals surface area contributed by atoms with E-state index < -0.39 is 11.9 Å². The number of carbonyl (C=O) groups is 2. The zero-order valence-corrected chi connectivity index (χ0v) is 13.2. The minimum absolute atomic E-state index is 0.0125. The third-order valence-electron chi connectivity index (χ3n) is 2.70. The van der Waals surface area contributed by atoms with Crippen LogP contribution in [0.15, 0.2) is 34.8 Å². The van der Waals surface area contributed by atoms with E-state index in [1.54, 1.807) is 12.1 Å². The number of aromatic carboxylic acids is 1. The van der Waals surface area contributed by atoms with Gasteiger partial charge in [0.15, 0.2) is 0 Å². The zero-order valence-electron chi connectivity index (χ0n) is 10.9. The number of carboxylic acid groups (broad SMARTS) is 1. The first-order chi connectivity index (χ1) is 9.88. The van der Waals surface area contributed by atoms with Gasteiger partial charge >= 0.3 is 5.97 Å². The average Bonchev–Trinajstić information content (AvgIpc) is 2.44. The van der Waals surface area contributed by atoms with Crippen molar-refractivity contribution in [1.29, 1.82) is 0 Å². The largest absolute Gasteiger partial charge is 0.477 e. The van der Waals surface area contributed by atoms with Gasteiger partial charge in [-0.05, 0) is 52.7 Å². The summed E-state index contributed by atoms with van der Waals surface area (Å²) in [6.45, 7) is 1.84. The van der Waals surface area contributed by atoms with Crippen molar-refractivity contribution in [2.75, 3.05) is 5.32 Å². The Labute approximate surface area is 134 Å². The van der Waals surface area contributed by atoms with Crippen molar-refractivity contribution in [1.82, 2.24) is 4.98 Å². The molecule has 0 fully saturated rings. The van der Waals surface area contributed by atoms with Crippen molar-refractivity contribution in [3.05, 3.63) is 56.8 Å². The summed E-state index contributed by atoms with van der Waals surface area (Å²) in [5, 5.41) is 12.0. The fourth-order valence-electron chi connectivity index (χ4n) is 1.61. The first kappa shape index (κ1) is 15.5. The van der Waals surface area contributed by atoms with Crippen LogP contribution in [0.4, 0.5) is 5.69 Å². The van der Waals surface area contributed by atoms with Crippen molar-refractivity contribution in [3.63, 3.8) is 0 Å². The van der Waals surface area contributed by atoms with E-state index in [-0.39, 0.29) is 11.4 Å². The normalized spacial score (nSPS) is 10.2. The summed E-state index contributed by atoms with van der Waals surface area (Å²) in [7, 11) is 0. The van der Waals surface area contributed by atoms with E-state index >= 15 is 0 Å². The number of aryl methyl sites for hydroxylation is 1. The second-order valence-corrected chi connectivity index (χ2v) is 5.51. The van der Waals surface area contributed by atoms with Crippen molar-refractivity contribution in [2.24, 2.45) is 0 Å². The molecule has 0 bridgehead atoms. The van der Waals surface area contributed by atoms with Crippen LogP contribution in [-0.4, -0.2) is 22.0 Å². The summed E-state index contributed by atoms with van der Waals surface area (Å²) < 4.78 is 0.673. The highest BCUT2D eigenvalue weighted by atomic mass is 79.9. The van der Waals surface area contributed by atoms with E-state index in [9.17, 15) is 9.59 Å². The smallest absolute Gasteiger partial charge is 0.354 e. The zero-order chi connectivity index (χ0) is 15.6. The first-order valence-corrected chi connectivity index (χ1v) is 7.03. The molecule has 21 heavy (non-hydrogen) atoms. The molecule has 2 N–H and O–H groups in total. The van der Waals surface area contributed by atoms with Gasteiger partial charge in [0.25, 0.3) is 5.91 Å². The van der Waals surface area contributed by atoms with E-state index in [1.807, 2.05) is 6.92 Å². The van der Waals surface area contributed by atoms with E-state index in [2.05, 4.69) is 26.2 Å². The highest BCUT2D eigenvalue weighted by Gasteiger charge is 2.13. The number of aromatic nitrogens is 1. The summed E-state index contributed by atoms with van der Waals surface area (Å²) in [5.74, 6) is -1.71. The summed E-state index contributed by atoms with van der Waals surface area (Å²) in [6, 6.07) is 7.60. The van der Waals surface area contributed by atoms with Gasteiger partial charge in [-0.2, -0.15) is 0 Å². The molecule has 0 unspecified atom stereocenters. The van der Waals surface area contributed by atoms with Gasteiger partial charge in [0, 0.05) is 9.50 Å². The maximum absolute atomic E-state index is 12.1. The van der Waals surface area contributed by atoms with Crippen LogP contribution in [0.25, 0.3) is 0 Å². The third-order valence-corrected chi connectivity index (χ3v) is 3.76. The molecule has 1 aromatic carbocycles.